The largest absolute Gasteiger partial charge is 0.494 e. The number of hydrogen-bond acceptors (Lipinski definition) is 6. The van der Waals surface area contributed by atoms with E-state index in [1.165, 1.54) is 0 Å². The van der Waals surface area contributed by atoms with Crippen molar-refractivity contribution in [3.05, 3.63) is 78.9 Å². The van der Waals surface area contributed by atoms with Gasteiger partial charge in [-0.05, 0) is 88.3 Å². The zero-order valence-corrected chi connectivity index (χ0v) is 29.8. The van der Waals surface area contributed by atoms with E-state index in [1.807, 2.05) is 70.2 Å². The molecule has 1 N–H and O–H groups in total. The van der Waals surface area contributed by atoms with Crippen LogP contribution in [0.2, 0.25) is 0 Å². The number of rotatable bonds is 16. The average molecular weight is 672 g/mol. The number of amides is 3. The van der Waals surface area contributed by atoms with Gasteiger partial charge < -0.3 is 29.3 Å². The van der Waals surface area contributed by atoms with E-state index in [4.69, 9.17) is 9.47 Å². The number of unbranched alkanes of at least 4 members (excludes halogenated alkanes) is 3. The van der Waals surface area contributed by atoms with Crippen molar-refractivity contribution in [2.75, 3.05) is 42.6 Å². The second-order valence-electron chi connectivity index (χ2n) is 14.0. The molecule has 5 rings (SSSR count). The Bertz CT molecular complexity index is 1540. The zero-order valence-electron chi connectivity index (χ0n) is 29.8. The first kappa shape index (κ1) is 36.3. The molecule has 3 heterocycles. The predicted octanol–water partition coefficient (Wildman–Crippen LogP) is 6.00. The normalized spacial score (nSPS) is 26.8. The molecule has 3 unspecified atom stereocenters. The van der Waals surface area contributed by atoms with Crippen LogP contribution in [0.15, 0.2) is 67.8 Å². The van der Waals surface area contributed by atoms with Gasteiger partial charge in [0.05, 0.1) is 24.0 Å². The van der Waals surface area contributed by atoms with Crippen molar-refractivity contribution in [1.29, 1.82) is 0 Å². The van der Waals surface area contributed by atoms with Gasteiger partial charge in [-0.15, -0.1) is 13.2 Å². The van der Waals surface area contributed by atoms with E-state index in [0.717, 1.165) is 29.7 Å². The van der Waals surface area contributed by atoms with E-state index in [2.05, 4.69) is 20.1 Å². The molecule has 9 nitrogen and oxygen atoms in total. The fourth-order valence-electron chi connectivity index (χ4n) is 8.69. The number of nitrogens with zero attached hydrogens (tertiary/aromatic N) is 3. The molecular weight excluding hydrogens is 618 g/mol. The molecule has 3 aliphatic heterocycles. The van der Waals surface area contributed by atoms with E-state index in [1.54, 1.807) is 26.9 Å². The molecule has 2 aromatic rings. The van der Waals surface area contributed by atoms with Gasteiger partial charge in [-0.1, -0.05) is 50.1 Å². The number of fused-ring (bicyclic) bond motifs is 1. The Labute approximate surface area is 291 Å². The smallest absolute Gasteiger partial charge is 0.253 e. The van der Waals surface area contributed by atoms with E-state index in [0.29, 0.717) is 43.9 Å². The minimum atomic E-state index is -1.18. The van der Waals surface area contributed by atoms with Crippen LogP contribution >= 0.6 is 0 Å². The summed E-state index contributed by atoms with van der Waals surface area (Å²) in [4.78, 5) is 50.0. The van der Waals surface area contributed by atoms with Crippen LogP contribution in [0.1, 0.15) is 64.0 Å². The number of carbonyl (C=O) groups excluding carboxylic acids is 3. The first-order valence-electron chi connectivity index (χ1n) is 17.8. The monoisotopic (exact) mass is 671 g/mol. The maximum atomic E-state index is 15.1. The quantitative estimate of drug-likeness (QED) is 0.174. The van der Waals surface area contributed by atoms with Crippen LogP contribution in [-0.2, 0) is 19.1 Å². The van der Waals surface area contributed by atoms with E-state index < -0.39 is 29.1 Å². The number of para-hydroxylation sites is 1. The van der Waals surface area contributed by atoms with Gasteiger partial charge in [-0.25, -0.2) is 0 Å². The number of aryl methyl sites for hydroxylation is 2. The molecule has 2 bridgehead atoms. The number of aliphatic hydroxyl groups excluding tert-OH is 1. The van der Waals surface area contributed by atoms with Gasteiger partial charge >= 0.3 is 0 Å². The molecule has 0 aromatic heterocycles. The third-order valence-corrected chi connectivity index (χ3v) is 10.9. The maximum absolute atomic E-state index is 15.1. The summed E-state index contributed by atoms with van der Waals surface area (Å²) in [5.41, 5.74) is 1.23. The summed E-state index contributed by atoms with van der Waals surface area (Å²) in [5.74, 6) is -1.67. The third kappa shape index (κ3) is 6.32. The second-order valence-corrected chi connectivity index (χ2v) is 14.0. The van der Waals surface area contributed by atoms with E-state index in [9.17, 15) is 14.7 Å². The molecule has 264 valence electrons. The third-order valence-electron chi connectivity index (χ3n) is 10.9. The Morgan fingerprint density at radius 2 is 1.63 bits per heavy atom. The molecule has 2 aromatic carbocycles. The number of carbonyl (C=O) groups is 3. The summed E-state index contributed by atoms with van der Waals surface area (Å²) in [6.07, 6.45) is 6.86. The summed E-state index contributed by atoms with van der Waals surface area (Å²) in [5, 5.41) is 9.32. The number of anilines is 2. The second kappa shape index (κ2) is 14.9. The van der Waals surface area contributed by atoms with Crippen LogP contribution in [0, 0.1) is 31.6 Å². The number of hydrogen-bond donors (Lipinski definition) is 1. The van der Waals surface area contributed by atoms with Crippen LogP contribution in [-0.4, -0.2) is 77.8 Å². The van der Waals surface area contributed by atoms with Gasteiger partial charge in [0.15, 0.2) is 0 Å². The van der Waals surface area contributed by atoms with E-state index in [-0.39, 0.29) is 43.3 Å². The SMILES string of the molecule is C=CCN(C(=O)[C@H]1[C@H]2C(=O)N(CCCCCCO)C(C(=O)N(CC=C)c3c(C)cccc3C)C23CC(C)[C@]1(C)O3)c1ccc(OCC)cc1. The lowest BCUT2D eigenvalue weighted by Gasteiger charge is -2.39. The summed E-state index contributed by atoms with van der Waals surface area (Å²) < 4.78 is 12.7. The van der Waals surface area contributed by atoms with Crippen molar-refractivity contribution in [3.63, 3.8) is 0 Å². The fourth-order valence-corrected chi connectivity index (χ4v) is 8.69. The first-order chi connectivity index (χ1) is 23.5. The molecule has 49 heavy (non-hydrogen) atoms. The highest BCUT2D eigenvalue weighted by atomic mass is 16.5. The van der Waals surface area contributed by atoms with Gasteiger partial charge in [-0.3, -0.25) is 14.4 Å². The van der Waals surface area contributed by atoms with Gasteiger partial charge in [0.25, 0.3) is 5.91 Å². The lowest BCUT2D eigenvalue weighted by atomic mass is 9.62. The molecule has 3 fully saturated rings. The fraction of sp³-hybridized carbons (Fsp3) is 0.525. The van der Waals surface area contributed by atoms with Crippen LogP contribution in [0.4, 0.5) is 11.4 Å². The average Bonchev–Trinajstić information content (AvgIpc) is 3.59. The van der Waals surface area contributed by atoms with Crippen LogP contribution in [0.25, 0.3) is 0 Å². The highest BCUT2D eigenvalue weighted by Gasteiger charge is 2.80. The lowest BCUT2D eigenvalue weighted by Crippen LogP contribution is -2.57. The van der Waals surface area contributed by atoms with Crippen molar-refractivity contribution < 1.29 is 29.0 Å². The number of likely N-dealkylation sites (tertiary alicyclic amines) is 1. The summed E-state index contributed by atoms with van der Waals surface area (Å²) in [6, 6.07) is 12.4. The van der Waals surface area contributed by atoms with Crippen LogP contribution in [0.5, 0.6) is 5.75 Å². The molecule has 0 aliphatic carbocycles. The molecule has 3 aliphatic rings. The predicted molar refractivity (Wildman–Crippen MR) is 193 cm³/mol. The summed E-state index contributed by atoms with van der Waals surface area (Å²) in [7, 11) is 0. The molecular formula is C40H53N3O6. The molecule has 1 spiro atoms. The minimum Gasteiger partial charge on any atom is -0.494 e. The lowest BCUT2D eigenvalue weighted by molar-refractivity contribution is -0.145. The summed E-state index contributed by atoms with van der Waals surface area (Å²) in [6.45, 7) is 19.3. The first-order valence-corrected chi connectivity index (χ1v) is 17.8. The highest BCUT2D eigenvalue weighted by Crippen LogP contribution is 2.65. The topological polar surface area (TPSA) is 99.6 Å². The number of benzene rings is 2. The Morgan fingerprint density at radius 3 is 2.24 bits per heavy atom. The van der Waals surface area contributed by atoms with Crippen molar-refractivity contribution in [2.24, 2.45) is 17.8 Å². The Morgan fingerprint density at radius 1 is 1.00 bits per heavy atom. The molecule has 0 radical (unpaired) electrons. The van der Waals surface area contributed by atoms with Gasteiger partial charge in [-0.2, -0.15) is 0 Å². The maximum Gasteiger partial charge on any atom is 0.253 e. The van der Waals surface area contributed by atoms with Crippen LogP contribution in [0.3, 0.4) is 0 Å². The van der Waals surface area contributed by atoms with Crippen molar-refractivity contribution in [2.45, 2.75) is 84.0 Å². The molecule has 6 atom stereocenters. The number of aliphatic hydroxyl groups is 1. The van der Waals surface area contributed by atoms with Gasteiger partial charge in [0.2, 0.25) is 11.8 Å². The minimum absolute atomic E-state index is 0.0933. The molecule has 3 amide bonds. The Hall–Kier alpha value is -3.95. The molecule has 3 saturated heterocycles. The Balaban J connectivity index is 1.59. The standard InChI is InChI=1S/C40H53N3O6/c1-8-22-41(30-18-20-31(21-19-30)48-10-3)36(45)32-33-37(46)43(24-13-11-12-14-25-44)35(40(33)26-29(6)39(32,7)49-40)38(47)42(23-9-2)34-27(4)16-15-17-28(34)5/h8-9,15-21,29,32-33,35,44H,1-2,10-14,22-26H2,3-7H3/t29?,32-,33+,35?,39+,40?/m1/s1. The van der Waals surface area contributed by atoms with Crippen LogP contribution < -0.4 is 14.5 Å². The molecule has 0 saturated carbocycles. The highest BCUT2D eigenvalue weighted by molar-refractivity contribution is 6.07. The van der Waals surface area contributed by atoms with Crippen molar-refractivity contribution in [1.82, 2.24) is 4.90 Å². The molecule has 9 heteroatoms. The Kier molecular flexibility index (Phi) is 11.0. The zero-order chi connectivity index (χ0) is 35.5. The van der Waals surface area contributed by atoms with Gasteiger partial charge in [0, 0.05) is 37.6 Å². The summed E-state index contributed by atoms with van der Waals surface area (Å²) >= 11 is 0. The number of ether oxygens (including phenoxy) is 2. The van der Waals surface area contributed by atoms with Crippen molar-refractivity contribution in [3.8, 4) is 5.75 Å². The van der Waals surface area contributed by atoms with Gasteiger partial charge in [0.1, 0.15) is 17.4 Å². The van der Waals surface area contributed by atoms with E-state index >= 15 is 4.79 Å². The van der Waals surface area contributed by atoms with Crippen molar-refractivity contribution >= 4 is 29.1 Å².